The number of amides is 2. The minimum atomic E-state index is -0.554. The van der Waals surface area contributed by atoms with Gasteiger partial charge in [0.2, 0.25) is 0 Å². The van der Waals surface area contributed by atoms with Crippen LogP contribution in [0.4, 0.5) is 5.69 Å². The Hall–Kier alpha value is -3.45. The normalized spacial score (nSPS) is 10.2. The third-order valence-corrected chi connectivity index (χ3v) is 4.89. The number of nitrogens with one attached hydrogen (secondary N) is 2. The van der Waals surface area contributed by atoms with Crippen molar-refractivity contribution in [2.24, 2.45) is 0 Å². The summed E-state index contributed by atoms with van der Waals surface area (Å²) < 4.78 is 4.99. The Morgan fingerprint density at radius 3 is 2.41 bits per heavy atom. The maximum atomic E-state index is 12.5. The van der Waals surface area contributed by atoms with E-state index in [1.165, 1.54) is 11.3 Å². The minimum absolute atomic E-state index is 0.285. The number of thiophene rings is 1. The Morgan fingerprint density at radius 2 is 1.66 bits per heavy atom. The predicted molar refractivity (Wildman–Crippen MR) is 112 cm³/mol. The van der Waals surface area contributed by atoms with Gasteiger partial charge in [0.05, 0.1) is 11.3 Å². The zero-order valence-corrected chi connectivity index (χ0v) is 16.4. The van der Waals surface area contributed by atoms with Crippen molar-refractivity contribution in [2.75, 3.05) is 18.5 Å². The lowest BCUT2D eigenvalue weighted by molar-refractivity contribution is -0.119. The van der Waals surface area contributed by atoms with Crippen molar-refractivity contribution in [1.82, 2.24) is 5.32 Å². The van der Waals surface area contributed by atoms with E-state index in [0.29, 0.717) is 29.1 Å². The quantitative estimate of drug-likeness (QED) is 0.559. The fourth-order valence-corrected chi connectivity index (χ4v) is 3.25. The van der Waals surface area contributed by atoms with Gasteiger partial charge in [0.1, 0.15) is 4.88 Å². The summed E-state index contributed by atoms with van der Waals surface area (Å²) in [6.45, 7) is 0.0459. The maximum absolute atomic E-state index is 12.5. The zero-order valence-electron chi connectivity index (χ0n) is 15.6. The molecule has 0 bridgehead atoms. The standard InChI is InChI=1S/C22H20N2O4S/c25-20(15-28-22(27)19-11-6-14-29-19)24-18-10-5-4-9-17(18)21(26)23-13-12-16-7-2-1-3-8-16/h1-11,14H,12-13,15H2,(H,23,26)(H,24,25). The average molecular weight is 408 g/mol. The fraction of sp³-hybridized carbons (Fsp3) is 0.136. The van der Waals surface area contributed by atoms with E-state index < -0.39 is 18.5 Å². The van der Waals surface area contributed by atoms with Crippen molar-refractivity contribution >= 4 is 34.8 Å². The second-order valence-corrected chi connectivity index (χ2v) is 7.09. The number of carbonyl (C=O) groups is 3. The van der Waals surface area contributed by atoms with Crippen molar-refractivity contribution in [3.05, 3.63) is 88.1 Å². The molecule has 29 heavy (non-hydrogen) atoms. The van der Waals surface area contributed by atoms with Crippen LogP contribution in [0.25, 0.3) is 0 Å². The highest BCUT2D eigenvalue weighted by atomic mass is 32.1. The highest BCUT2D eigenvalue weighted by molar-refractivity contribution is 7.11. The van der Waals surface area contributed by atoms with E-state index in [0.717, 1.165) is 5.56 Å². The molecule has 1 aromatic heterocycles. The van der Waals surface area contributed by atoms with Crippen LogP contribution in [0.3, 0.4) is 0 Å². The number of hydrogen-bond donors (Lipinski definition) is 2. The Kier molecular flexibility index (Phi) is 7.13. The summed E-state index contributed by atoms with van der Waals surface area (Å²) in [6.07, 6.45) is 0.708. The molecule has 2 aromatic carbocycles. The first kappa shape index (κ1) is 20.3. The molecule has 3 rings (SSSR count). The van der Waals surface area contributed by atoms with Crippen molar-refractivity contribution in [3.8, 4) is 0 Å². The van der Waals surface area contributed by atoms with Crippen LogP contribution in [-0.2, 0) is 16.0 Å². The molecule has 0 spiro atoms. The van der Waals surface area contributed by atoms with Crippen LogP contribution in [0, 0.1) is 0 Å². The molecule has 2 N–H and O–H groups in total. The van der Waals surface area contributed by atoms with Crippen LogP contribution >= 0.6 is 11.3 Å². The largest absolute Gasteiger partial charge is 0.451 e. The molecule has 3 aromatic rings. The molecule has 6 nitrogen and oxygen atoms in total. The van der Waals surface area contributed by atoms with Crippen LogP contribution in [-0.4, -0.2) is 30.9 Å². The van der Waals surface area contributed by atoms with Gasteiger partial charge in [-0.15, -0.1) is 11.3 Å². The highest BCUT2D eigenvalue weighted by Gasteiger charge is 2.15. The van der Waals surface area contributed by atoms with E-state index >= 15 is 0 Å². The summed E-state index contributed by atoms with van der Waals surface area (Å²) in [5.74, 6) is -1.35. The van der Waals surface area contributed by atoms with E-state index in [1.807, 2.05) is 30.3 Å². The lowest BCUT2D eigenvalue weighted by Gasteiger charge is -2.11. The molecule has 1 heterocycles. The highest BCUT2D eigenvalue weighted by Crippen LogP contribution is 2.15. The monoisotopic (exact) mass is 408 g/mol. The second kappa shape index (κ2) is 10.2. The molecule has 0 aliphatic carbocycles. The molecule has 0 aliphatic rings. The van der Waals surface area contributed by atoms with E-state index in [2.05, 4.69) is 10.6 Å². The maximum Gasteiger partial charge on any atom is 0.348 e. The number of benzene rings is 2. The first-order valence-corrected chi connectivity index (χ1v) is 9.93. The molecule has 0 fully saturated rings. The van der Waals surface area contributed by atoms with Gasteiger partial charge in [-0.3, -0.25) is 9.59 Å². The molecule has 2 amide bonds. The van der Waals surface area contributed by atoms with E-state index in [1.54, 1.807) is 41.8 Å². The number of rotatable bonds is 8. The Bertz CT molecular complexity index is 971. The molecule has 7 heteroatoms. The number of para-hydroxylation sites is 1. The van der Waals surface area contributed by atoms with Crippen LogP contribution in [0.5, 0.6) is 0 Å². The van der Waals surface area contributed by atoms with Gasteiger partial charge in [-0.1, -0.05) is 48.5 Å². The van der Waals surface area contributed by atoms with Crippen molar-refractivity contribution in [2.45, 2.75) is 6.42 Å². The average Bonchev–Trinajstić information content (AvgIpc) is 3.28. The number of anilines is 1. The predicted octanol–water partition coefficient (Wildman–Crippen LogP) is 3.52. The first-order chi connectivity index (χ1) is 14.1. The molecule has 148 valence electrons. The third kappa shape index (κ3) is 6.02. The Balaban J connectivity index is 1.53. The van der Waals surface area contributed by atoms with E-state index in [9.17, 15) is 14.4 Å². The van der Waals surface area contributed by atoms with Gasteiger partial charge in [0, 0.05) is 6.54 Å². The van der Waals surface area contributed by atoms with Gasteiger partial charge in [0.15, 0.2) is 6.61 Å². The van der Waals surface area contributed by atoms with Crippen LogP contribution < -0.4 is 10.6 Å². The van der Waals surface area contributed by atoms with Crippen LogP contribution in [0.2, 0.25) is 0 Å². The molecule has 0 saturated carbocycles. The van der Waals surface area contributed by atoms with Crippen molar-refractivity contribution in [1.29, 1.82) is 0 Å². The molecule has 0 saturated heterocycles. The summed E-state index contributed by atoms with van der Waals surface area (Å²) in [5.41, 5.74) is 1.84. The van der Waals surface area contributed by atoms with Crippen LogP contribution in [0.15, 0.2) is 72.1 Å². The van der Waals surface area contributed by atoms with Gasteiger partial charge >= 0.3 is 5.97 Å². The zero-order chi connectivity index (χ0) is 20.5. The van der Waals surface area contributed by atoms with Crippen molar-refractivity contribution in [3.63, 3.8) is 0 Å². The molecule has 0 atom stereocenters. The molecule has 0 unspecified atom stereocenters. The SMILES string of the molecule is O=C(COC(=O)c1cccs1)Nc1ccccc1C(=O)NCCc1ccccc1. The lowest BCUT2D eigenvalue weighted by Crippen LogP contribution is -2.28. The molecular formula is C22H20N2O4S. The fourth-order valence-electron chi connectivity index (χ4n) is 2.63. The van der Waals surface area contributed by atoms with Gasteiger partial charge in [-0.05, 0) is 35.6 Å². The smallest absolute Gasteiger partial charge is 0.348 e. The van der Waals surface area contributed by atoms with Gasteiger partial charge in [0.25, 0.3) is 11.8 Å². The number of esters is 1. The van der Waals surface area contributed by atoms with Crippen LogP contribution in [0.1, 0.15) is 25.6 Å². The summed E-state index contributed by atoms with van der Waals surface area (Å²) >= 11 is 1.24. The number of hydrogen-bond acceptors (Lipinski definition) is 5. The first-order valence-electron chi connectivity index (χ1n) is 9.05. The third-order valence-electron chi connectivity index (χ3n) is 4.04. The van der Waals surface area contributed by atoms with Gasteiger partial charge < -0.3 is 15.4 Å². The van der Waals surface area contributed by atoms with Crippen molar-refractivity contribution < 1.29 is 19.1 Å². The molecular weight excluding hydrogens is 388 g/mol. The minimum Gasteiger partial charge on any atom is -0.451 e. The summed E-state index contributed by atoms with van der Waals surface area (Å²) in [4.78, 5) is 36.9. The summed E-state index contributed by atoms with van der Waals surface area (Å²) in [7, 11) is 0. The number of carbonyl (C=O) groups excluding carboxylic acids is 3. The summed E-state index contributed by atoms with van der Waals surface area (Å²) in [5, 5.41) is 7.24. The van der Waals surface area contributed by atoms with Gasteiger partial charge in [-0.25, -0.2) is 4.79 Å². The number of ether oxygens (including phenoxy) is 1. The van der Waals surface area contributed by atoms with Gasteiger partial charge in [-0.2, -0.15) is 0 Å². The molecule has 0 aliphatic heterocycles. The summed E-state index contributed by atoms with van der Waals surface area (Å²) in [6, 6.07) is 19.9. The van der Waals surface area contributed by atoms with E-state index in [4.69, 9.17) is 4.74 Å². The molecule has 0 radical (unpaired) electrons. The lowest BCUT2D eigenvalue weighted by atomic mass is 10.1. The Labute approximate surface area is 172 Å². The second-order valence-electron chi connectivity index (χ2n) is 6.14. The Morgan fingerprint density at radius 1 is 0.897 bits per heavy atom. The topological polar surface area (TPSA) is 84.5 Å². The van der Waals surface area contributed by atoms with E-state index in [-0.39, 0.29) is 5.91 Å².